The lowest BCUT2D eigenvalue weighted by atomic mass is 10.1. The van der Waals surface area contributed by atoms with E-state index in [9.17, 15) is 4.39 Å². The standard InChI is InChI=1S/C25H35FN4S/c1-4-15-30(18-20-7-8-20)31-22-13-14-24(23(16-22)25(27)29(5-2)6-3)28-17-19-9-11-21(26)12-10-19/h9-14,16,20,27-28H,4-8,15,17-18H2,1-3H3. The van der Waals surface area contributed by atoms with Crippen molar-refractivity contribution in [1.82, 2.24) is 9.21 Å². The van der Waals surface area contributed by atoms with Crippen molar-refractivity contribution in [1.29, 1.82) is 5.41 Å². The number of benzene rings is 2. The summed E-state index contributed by atoms with van der Waals surface area (Å²) in [5.74, 6) is 1.17. The van der Waals surface area contributed by atoms with Gasteiger partial charge in [0.05, 0.1) is 0 Å². The fourth-order valence-corrected chi connectivity index (χ4v) is 4.76. The van der Waals surface area contributed by atoms with Gasteiger partial charge in [-0.15, -0.1) is 0 Å². The number of amidine groups is 1. The average molecular weight is 443 g/mol. The van der Waals surface area contributed by atoms with Crippen molar-refractivity contribution < 1.29 is 4.39 Å². The molecule has 0 bridgehead atoms. The van der Waals surface area contributed by atoms with Crippen molar-refractivity contribution in [3.63, 3.8) is 0 Å². The first-order chi connectivity index (χ1) is 15.0. The van der Waals surface area contributed by atoms with Crippen LogP contribution in [0.25, 0.3) is 0 Å². The quantitative estimate of drug-likeness (QED) is 0.232. The zero-order chi connectivity index (χ0) is 22.2. The molecule has 31 heavy (non-hydrogen) atoms. The summed E-state index contributed by atoms with van der Waals surface area (Å²) in [5, 5.41) is 12.3. The summed E-state index contributed by atoms with van der Waals surface area (Å²) in [6.45, 7) is 10.8. The third kappa shape index (κ3) is 6.97. The van der Waals surface area contributed by atoms with E-state index in [4.69, 9.17) is 5.41 Å². The molecule has 0 saturated heterocycles. The highest BCUT2D eigenvalue weighted by Gasteiger charge is 2.25. The lowest BCUT2D eigenvalue weighted by Crippen LogP contribution is -2.31. The molecular weight excluding hydrogens is 407 g/mol. The lowest BCUT2D eigenvalue weighted by Gasteiger charge is -2.25. The summed E-state index contributed by atoms with van der Waals surface area (Å²) in [6, 6.07) is 12.9. The molecule has 0 unspecified atom stereocenters. The van der Waals surface area contributed by atoms with E-state index >= 15 is 0 Å². The molecule has 0 aliphatic heterocycles. The molecule has 1 aliphatic rings. The Balaban J connectivity index is 1.80. The zero-order valence-electron chi connectivity index (χ0n) is 19.0. The van der Waals surface area contributed by atoms with Gasteiger partial charge in [-0.3, -0.25) is 5.41 Å². The van der Waals surface area contributed by atoms with E-state index in [2.05, 4.69) is 53.5 Å². The molecule has 168 valence electrons. The van der Waals surface area contributed by atoms with E-state index in [-0.39, 0.29) is 5.82 Å². The molecule has 4 nitrogen and oxygen atoms in total. The van der Waals surface area contributed by atoms with E-state index < -0.39 is 0 Å². The topological polar surface area (TPSA) is 42.4 Å². The normalized spacial score (nSPS) is 13.5. The average Bonchev–Trinajstić information content (AvgIpc) is 3.59. The number of hydrogen-bond donors (Lipinski definition) is 2. The second-order valence-corrected chi connectivity index (χ2v) is 9.30. The SMILES string of the molecule is CCCN(CC1CC1)Sc1ccc(NCc2ccc(F)cc2)c(C(=N)N(CC)CC)c1. The molecule has 2 N–H and O–H groups in total. The van der Waals surface area contributed by atoms with Gasteiger partial charge in [-0.05, 0) is 86.9 Å². The number of anilines is 1. The van der Waals surface area contributed by atoms with Crippen molar-refractivity contribution in [3.8, 4) is 0 Å². The summed E-state index contributed by atoms with van der Waals surface area (Å²) in [4.78, 5) is 3.24. The molecule has 2 aromatic rings. The Hall–Kier alpha value is -2.05. The first-order valence-electron chi connectivity index (χ1n) is 11.4. The number of nitrogens with one attached hydrogen (secondary N) is 2. The van der Waals surface area contributed by atoms with Gasteiger partial charge in [-0.1, -0.05) is 19.1 Å². The Morgan fingerprint density at radius 2 is 1.81 bits per heavy atom. The summed E-state index contributed by atoms with van der Waals surface area (Å²) in [5.41, 5.74) is 2.87. The molecule has 0 amide bonds. The first-order valence-corrected chi connectivity index (χ1v) is 12.2. The van der Waals surface area contributed by atoms with Crippen molar-refractivity contribution in [2.24, 2.45) is 5.92 Å². The predicted molar refractivity (Wildman–Crippen MR) is 130 cm³/mol. The first kappa shape index (κ1) is 23.6. The van der Waals surface area contributed by atoms with E-state index in [0.29, 0.717) is 12.4 Å². The van der Waals surface area contributed by atoms with Gasteiger partial charge in [0.15, 0.2) is 0 Å². The van der Waals surface area contributed by atoms with Gasteiger partial charge in [0.25, 0.3) is 0 Å². The Kier molecular flexibility index (Phi) is 8.79. The van der Waals surface area contributed by atoms with Crippen LogP contribution >= 0.6 is 11.9 Å². The van der Waals surface area contributed by atoms with Gasteiger partial charge in [0.1, 0.15) is 11.7 Å². The maximum absolute atomic E-state index is 13.2. The molecule has 0 heterocycles. The highest BCUT2D eigenvalue weighted by Crippen LogP contribution is 2.35. The van der Waals surface area contributed by atoms with Gasteiger partial charge >= 0.3 is 0 Å². The Bertz CT molecular complexity index is 847. The largest absolute Gasteiger partial charge is 0.380 e. The lowest BCUT2D eigenvalue weighted by molar-refractivity contribution is 0.447. The van der Waals surface area contributed by atoms with Crippen LogP contribution in [0, 0.1) is 17.1 Å². The van der Waals surface area contributed by atoms with Crippen LogP contribution in [0.15, 0.2) is 47.4 Å². The van der Waals surface area contributed by atoms with E-state index in [1.165, 1.54) is 29.9 Å². The number of halogens is 1. The molecule has 2 aromatic carbocycles. The summed E-state index contributed by atoms with van der Waals surface area (Å²) < 4.78 is 15.7. The molecule has 1 fully saturated rings. The molecular formula is C25H35FN4S. The minimum atomic E-state index is -0.225. The van der Waals surface area contributed by atoms with E-state index in [1.807, 2.05) is 11.9 Å². The molecule has 3 rings (SSSR count). The van der Waals surface area contributed by atoms with Crippen molar-refractivity contribution in [3.05, 3.63) is 59.4 Å². The van der Waals surface area contributed by atoms with E-state index in [0.717, 1.165) is 55.3 Å². The fourth-order valence-electron chi connectivity index (χ4n) is 3.60. The van der Waals surface area contributed by atoms with Crippen LogP contribution in [-0.2, 0) is 6.54 Å². The molecule has 0 aromatic heterocycles. The van der Waals surface area contributed by atoms with Gasteiger partial charge < -0.3 is 10.2 Å². The van der Waals surface area contributed by atoms with E-state index in [1.54, 1.807) is 12.1 Å². The Morgan fingerprint density at radius 3 is 2.42 bits per heavy atom. The molecule has 1 aliphatic carbocycles. The third-order valence-electron chi connectivity index (χ3n) is 5.59. The zero-order valence-corrected chi connectivity index (χ0v) is 19.8. The smallest absolute Gasteiger partial charge is 0.130 e. The molecule has 0 atom stereocenters. The maximum Gasteiger partial charge on any atom is 0.130 e. The van der Waals surface area contributed by atoms with Crippen LogP contribution in [0.5, 0.6) is 0 Å². The van der Waals surface area contributed by atoms with Crippen LogP contribution in [0.1, 0.15) is 51.2 Å². The Morgan fingerprint density at radius 1 is 1.10 bits per heavy atom. The summed E-state index contributed by atoms with van der Waals surface area (Å²) in [6.07, 6.45) is 3.84. The number of hydrogen-bond acceptors (Lipinski definition) is 4. The van der Waals surface area contributed by atoms with Gasteiger partial charge in [-0.2, -0.15) is 0 Å². The minimum absolute atomic E-state index is 0.225. The van der Waals surface area contributed by atoms with Crippen molar-refractivity contribution in [2.45, 2.75) is 51.5 Å². The Labute approximate surface area is 190 Å². The third-order valence-corrected chi connectivity index (χ3v) is 6.64. The van der Waals surface area contributed by atoms with Crippen LogP contribution in [-0.4, -0.2) is 41.2 Å². The van der Waals surface area contributed by atoms with Crippen LogP contribution in [0.4, 0.5) is 10.1 Å². The van der Waals surface area contributed by atoms with Crippen LogP contribution in [0.3, 0.4) is 0 Å². The number of rotatable bonds is 12. The van der Waals surface area contributed by atoms with Gasteiger partial charge in [0, 0.05) is 48.9 Å². The highest BCUT2D eigenvalue weighted by molar-refractivity contribution is 7.97. The van der Waals surface area contributed by atoms with Crippen molar-refractivity contribution in [2.75, 3.05) is 31.5 Å². The molecule has 0 spiro atoms. The fraction of sp³-hybridized carbons (Fsp3) is 0.480. The molecule has 6 heteroatoms. The summed E-state index contributed by atoms with van der Waals surface area (Å²) >= 11 is 1.81. The minimum Gasteiger partial charge on any atom is -0.380 e. The predicted octanol–water partition coefficient (Wildman–Crippen LogP) is 6.23. The number of nitrogens with zero attached hydrogens (tertiary/aromatic N) is 2. The maximum atomic E-state index is 13.2. The second kappa shape index (κ2) is 11.5. The molecule has 0 radical (unpaired) electrons. The van der Waals surface area contributed by atoms with Crippen molar-refractivity contribution >= 4 is 23.5 Å². The van der Waals surface area contributed by atoms with Gasteiger partial charge in [0.2, 0.25) is 0 Å². The highest BCUT2D eigenvalue weighted by atomic mass is 32.2. The molecule has 1 saturated carbocycles. The van der Waals surface area contributed by atoms with Crippen LogP contribution < -0.4 is 5.32 Å². The van der Waals surface area contributed by atoms with Gasteiger partial charge in [-0.25, -0.2) is 8.70 Å². The monoisotopic (exact) mass is 442 g/mol. The van der Waals surface area contributed by atoms with Crippen LogP contribution in [0.2, 0.25) is 0 Å². The summed E-state index contributed by atoms with van der Waals surface area (Å²) in [7, 11) is 0. The second-order valence-electron chi connectivity index (χ2n) is 8.13.